The summed E-state index contributed by atoms with van der Waals surface area (Å²) in [5.41, 5.74) is 5.38. The fourth-order valence-corrected chi connectivity index (χ4v) is 4.41. The average Bonchev–Trinajstić information content (AvgIpc) is 3.61. The van der Waals surface area contributed by atoms with Gasteiger partial charge in [0.25, 0.3) is 5.91 Å². The van der Waals surface area contributed by atoms with Crippen LogP contribution in [0.25, 0.3) is 10.9 Å². The molecule has 1 fully saturated rings. The van der Waals surface area contributed by atoms with Crippen LogP contribution in [0.3, 0.4) is 0 Å². The maximum absolute atomic E-state index is 12.6. The highest BCUT2D eigenvalue weighted by molar-refractivity contribution is 5.96. The van der Waals surface area contributed by atoms with Crippen LogP contribution in [0.2, 0.25) is 0 Å². The molecule has 2 aliphatic rings. The second kappa shape index (κ2) is 8.19. The number of hydrogen-bond donors (Lipinski definition) is 1. The highest BCUT2D eigenvalue weighted by atomic mass is 16.5. The minimum absolute atomic E-state index is 0.0778. The lowest BCUT2D eigenvalue weighted by atomic mass is 9.93. The number of ether oxygens (including phenoxy) is 2. The summed E-state index contributed by atoms with van der Waals surface area (Å²) in [6.07, 6.45) is 4.93. The molecule has 6 heteroatoms. The van der Waals surface area contributed by atoms with E-state index in [0.29, 0.717) is 17.5 Å². The number of aromatic nitrogens is 1. The van der Waals surface area contributed by atoms with Gasteiger partial charge in [-0.15, -0.1) is 0 Å². The van der Waals surface area contributed by atoms with Crippen LogP contribution < -0.4 is 14.8 Å². The van der Waals surface area contributed by atoms with Gasteiger partial charge >= 0.3 is 0 Å². The molecule has 160 valence electrons. The number of nitrogens with zero attached hydrogens (tertiary/aromatic N) is 2. The van der Waals surface area contributed by atoms with Gasteiger partial charge in [0.1, 0.15) is 0 Å². The lowest BCUT2D eigenvalue weighted by molar-refractivity contribution is 0.0949. The summed E-state index contributed by atoms with van der Waals surface area (Å²) in [7, 11) is 3.29. The number of hydrogen-bond acceptors (Lipinski definition) is 5. The van der Waals surface area contributed by atoms with Gasteiger partial charge < -0.3 is 14.8 Å². The normalized spacial score (nSPS) is 16.1. The van der Waals surface area contributed by atoms with E-state index in [2.05, 4.69) is 27.3 Å². The largest absolute Gasteiger partial charge is 0.493 e. The molecule has 1 aliphatic carbocycles. The van der Waals surface area contributed by atoms with Gasteiger partial charge in [-0.2, -0.15) is 0 Å². The number of amides is 1. The summed E-state index contributed by atoms with van der Waals surface area (Å²) in [5.74, 6) is 1.47. The van der Waals surface area contributed by atoms with Crippen molar-refractivity contribution >= 4 is 16.8 Å². The quantitative estimate of drug-likeness (QED) is 0.663. The van der Waals surface area contributed by atoms with Gasteiger partial charge in [0, 0.05) is 48.9 Å². The van der Waals surface area contributed by atoms with Crippen LogP contribution in [0, 0.1) is 0 Å². The molecule has 0 atom stereocenters. The van der Waals surface area contributed by atoms with Crippen molar-refractivity contribution in [1.82, 2.24) is 15.2 Å². The van der Waals surface area contributed by atoms with Crippen LogP contribution in [0.4, 0.5) is 0 Å². The zero-order chi connectivity index (χ0) is 21.4. The topological polar surface area (TPSA) is 63.7 Å². The van der Waals surface area contributed by atoms with Crippen LogP contribution in [-0.4, -0.2) is 42.6 Å². The molecule has 0 saturated heterocycles. The Bertz CT molecular complexity index is 1140. The summed E-state index contributed by atoms with van der Waals surface area (Å²) in [6.45, 7) is 2.56. The molecule has 0 spiro atoms. The summed E-state index contributed by atoms with van der Waals surface area (Å²) in [6, 6.07) is 12.5. The third-order valence-electron chi connectivity index (χ3n) is 6.23. The zero-order valence-corrected chi connectivity index (χ0v) is 18.0. The maximum atomic E-state index is 12.6. The first-order valence-corrected chi connectivity index (χ1v) is 10.8. The van der Waals surface area contributed by atoms with E-state index in [1.807, 2.05) is 30.5 Å². The predicted molar refractivity (Wildman–Crippen MR) is 120 cm³/mol. The third-order valence-corrected chi connectivity index (χ3v) is 6.23. The molecule has 0 bridgehead atoms. The van der Waals surface area contributed by atoms with Crippen molar-refractivity contribution in [3.63, 3.8) is 0 Å². The molecule has 1 saturated carbocycles. The van der Waals surface area contributed by atoms with Crippen LogP contribution in [-0.2, 0) is 19.5 Å². The summed E-state index contributed by atoms with van der Waals surface area (Å²) >= 11 is 0. The summed E-state index contributed by atoms with van der Waals surface area (Å²) in [5, 5.41) is 4.20. The Morgan fingerprint density at radius 1 is 1.16 bits per heavy atom. The second-order valence-electron chi connectivity index (χ2n) is 8.35. The predicted octanol–water partition coefficient (Wildman–Crippen LogP) is 3.70. The highest BCUT2D eigenvalue weighted by Gasteiger charge is 2.27. The number of methoxy groups -OCH3 is 2. The Morgan fingerprint density at radius 3 is 2.74 bits per heavy atom. The number of carbonyl (C=O) groups excluding carboxylic acids is 1. The molecular weight excluding hydrogens is 390 g/mol. The zero-order valence-electron chi connectivity index (χ0n) is 18.0. The fraction of sp³-hybridized carbons (Fsp3) is 0.360. The first-order valence-electron chi connectivity index (χ1n) is 10.8. The van der Waals surface area contributed by atoms with Gasteiger partial charge in [-0.3, -0.25) is 14.7 Å². The molecule has 2 aromatic carbocycles. The molecule has 1 amide bonds. The molecule has 1 N–H and O–H groups in total. The Hall–Kier alpha value is -3.12. The van der Waals surface area contributed by atoms with Crippen LogP contribution in [0.15, 0.2) is 42.6 Å². The molecule has 0 unspecified atom stereocenters. The van der Waals surface area contributed by atoms with E-state index in [4.69, 9.17) is 9.47 Å². The maximum Gasteiger partial charge on any atom is 0.251 e. The second-order valence-corrected chi connectivity index (χ2v) is 8.35. The van der Waals surface area contributed by atoms with Crippen molar-refractivity contribution in [2.24, 2.45) is 0 Å². The van der Waals surface area contributed by atoms with E-state index in [1.54, 1.807) is 14.2 Å². The Labute approximate surface area is 182 Å². The van der Waals surface area contributed by atoms with Gasteiger partial charge in [0.15, 0.2) is 11.5 Å². The number of fused-ring (bicyclic) bond motifs is 2. The number of nitrogens with one attached hydrogen (secondary N) is 1. The van der Waals surface area contributed by atoms with Crippen LogP contribution in [0.1, 0.15) is 39.9 Å². The van der Waals surface area contributed by atoms with E-state index in [9.17, 15) is 4.79 Å². The van der Waals surface area contributed by atoms with Gasteiger partial charge in [-0.1, -0.05) is 12.1 Å². The van der Waals surface area contributed by atoms with Crippen molar-refractivity contribution in [2.45, 2.75) is 38.4 Å². The van der Waals surface area contributed by atoms with E-state index >= 15 is 0 Å². The number of benzene rings is 2. The smallest absolute Gasteiger partial charge is 0.251 e. The molecule has 1 aromatic heterocycles. The highest BCUT2D eigenvalue weighted by Crippen LogP contribution is 2.33. The first kappa shape index (κ1) is 19.8. The standard InChI is InChI=1S/C25H27N3O3/c1-30-23-12-21-17(8-10-26-22(21)13-24(23)31-2)15-28-11-9-19-16(14-28)4-3-5-20(19)25(29)27-18-6-7-18/h3-5,8,10,12-13,18H,6-7,9,11,14-15H2,1-2H3,(H,27,29). The Balaban J connectivity index is 1.39. The van der Waals surface area contributed by atoms with Crippen LogP contribution >= 0.6 is 0 Å². The van der Waals surface area contributed by atoms with Crippen molar-refractivity contribution in [1.29, 1.82) is 0 Å². The molecule has 6 nitrogen and oxygen atoms in total. The lowest BCUT2D eigenvalue weighted by Crippen LogP contribution is -2.33. The van der Waals surface area contributed by atoms with Crippen molar-refractivity contribution < 1.29 is 14.3 Å². The van der Waals surface area contributed by atoms with E-state index < -0.39 is 0 Å². The minimum atomic E-state index is 0.0778. The van der Waals surface area contributed by atoms with Gasteiger partial charge in [-0.25, -0.2) is 0 Å². The molecule has 5 rings (SSSR count). The fourth-order valence-electron chi connectivity index (χ4n) is 4.41. The van der Waals surface area contributed by atoms with Crippen molar-refractivity contribution in [2.75, 3.05) is 20.8 Å². The summed E-state index contributed by atoms with van der Waals surface area (Å²) in [4.78, 5) is 19.6. The average molecular weight is 418 g/mol. The molecule has 1 aliphatic heterocycles. The molecule has 31 heavy (non-hydrogen) atoms. The van der Waals surface area contributed by atoms with Gasteiger partial charge in [0.2, 0.25) is 0 Å². The van der Waals surface area contributed by atoms with E-state index in [0.717, 1.165) is 55.4 Å². The third kappa shape index (κ3) is 3.95. The molecule has 3 aromatic rings. The van der Waals surface area contributed by atoms with Crippen molar-refractivity contribution in [3.05, 3.63) is 64.8 Å². The Morgan fingerprint density at radius 2 is 1.97 bits per heavy atom. The van der Waals surface area contributed by atoms with Crippen LogP contribution in [0.5, 0.6) is 11.5 Å². The molecular formula is C25H27N3O3. The van der Waals surface area contributed by atoms with Crippen molar-refractivity contribution in [3.8, 4) is 11.5 Å². The number of rotatable bonds is 6. The minimum Gasteiger partial charge on any atom is -0.493 e. The summed E-state index contributed by atoms with van der Waals surface area (Å²) < 4.78 is 10.9. The van der Waals surface area contributed by atoms with Gasteiger partial charge in [0.05, 0.1) is 19.7 Å². The van der Waals surface area contributed by atoms with E-state index in [-0.39, 0.29) is 5.91 Å². The molecule has 0 radical (unpaired) electrons. The monoisotopic (exact) mass is 417 g/mol. The Kier molecular flexibility index (Phi) is 5.24. The molecule has 2 heterocycles. The van der Waals surface area contributed by atoms with Gasteiger partial charge in [-0.05, 0) is 54.2 Å². The SMILES string of the molecule is COc1cc2nccc(CN3CCc4c(cccc4C(=O)NC4CC4)C3)c2cc1OC. The number of pyridine rings is 1. The van der Waals surface area contributed by atoms with E-state index in [1.165, 1.54) is 16.7 Å². The lowest BCUT2D eigenvalue weighted by Gasteiger charge is -2.30. The number of carbonyl (C=O) groups is 1. The first-order chi connectivity index (χ1) is 15.2.